The van der Waals surface area contributed by atoms with Gasteiger partial charge in [0.1, 0.15) is 0 Å². The summed E-state index contributed by atoms with van der Waals surface area (Å²) in [6.45, 7) is 5.69. The van der Waals surface area contributed by atoms with E-state index in [1.807, 2.05) is 7.05 Å². The molecule has 1 nitrogen and oxygen atoms in total. The third-order valence-electron chi connectivity index (χ3n) is 3.49. The smallest absolute Gasteiger partial charge is 0.00172 e. The van der Waals surface area contributed by atoms with Gasteiger partial charge in [0.2, 0.25) is 0 Å². The van der Waals surface area contributed by atoms with Gasteiger partial charge in [0.15, 0.2) is 0 Å². The van der Waals surface area contributed by atoms with Crippen molar-refractivity contribution in [2.45, 2.75) is 39.0 Å². The Balaban J connectivity index is 2.67. The molecule has 0 amide bonds. The molecule has 1 aromatic rings. The maximum atomic E-state index is 3.32. The minimum absolute atomic E-state index is 0.663. The molecule has 0 spiro atoms. The molecule has 0 heterocycles. The molecule has 0 radical (unpaired) electrons. The minimum Gasteiger partial charge on any atom is -0.319 e. The lowest BCUT2D eigenvalue weighted by molar-refractivity contribution is 0.403. The molecule has 1 rings (SSSR count). The Morgan fingerprint density at radius 3 is 2.19 bits per heavy atom. The zero-order valence-corrected chi connectivity index (χ0v) is 10.9. The zero-order valence-electron chi connectivity index (χ0n) is 10.9. The van der Waals surface area contributed by atoms with Crippen LogP contribution in [-0.4, -0.2) is 13.6 Å². The Morgan fingerprint density at radius 1 is 1.06 bits per heavy atom. The lowest BCUT2D eigenvalue weighted by Gasteiger charge is -2.22. The highest BCUT2D eigenvalue weighted by Crippen LogP contribution is 2.26. The van der Waals surface area contributed by atoms with E-state index in [1.54, 1.807) is 0 Å². The number of likely N-dealkylation sites (N-methyl/N-ethyl adjacent to an activating group) is 1. The SMILES string of the molecule is CCC(CC)CC(CNC)c1ccccc1. The van der Waals surface area contributed by atoms with E-state index >= 15 is 0 Å². The van der Waals surface area contributed by atoms with E-state index in [0.29, 0.717) is 5.92 Å². The maximum Gasteiger partial charge on any atom is 0.00172 e. The van der Waals surface area contributed by atoms with Crippen LogP contribution in [0.5, 0.6) is 0 Å². The molecule has 0 saturated heterocycles. The highest BCUT2D eigenvalue weighted by molar-refractivity contribution is 5.19. The van der Waals surface area contributed by atoms with Crippen LogP contribution in [0, 0.1) is 5.92 Å². The summed E-state index contributed by atoms with van der Waals surface area (Å²) in [7, 11) is 2.04. The van der Waals surface area contributed by atoms with Gasteiger partial charge in [-0.1, -0.05) is 57.0 Å². The van der Waals surface area contributed by atoms with E-state index in [2.05, 4.69) is 49.5 Å². The molecular weight excluding hydrogens is 194 g/mol. The van der Waals surface area contributed by atoms with Crippen LogP contribution in [0.4, 0.5) is 0 Å². The Hall–Kier alpha value is -0.820. The Morgan fingerprint density at radius 2 is 1.69 bits per heavy atom. The predicted molar refractivity (Wildman–Crippen MR) is 71.8 cm³/mol. The molecule has 0 aromatic heterocycles. The van der Waals surface area contributed by atoms with Crippen molar-refractivity contribution in [1.29, 1.82) is 0 Å². The summed E-state index contributed by atoms with van der Waals surface area (Å²) in [6.07, 6.45) is 3.89. The van der Waals surface area contributed by atoms with Gasteiger partial charge in [-0.3, -0.25) is 0 Å². The first-order chi connectivity index (χ1) is 7.81. The molecule has 0 fully saturated rings. The van der Waals surface area contributed by atoms with Crippen LogP contribution in [0.1, 0.15) is 44.6 Å². The summed E-state index contributed by atoms with van der Waals surface area (Å²) < 4.78 is 0. The highest BCUT2D eigenvalue weighted by Gasteiger charge is 2.15. The van der Waals surface area contributed by atoms with Crippen LogP contribution < -0.4 is 5.32 Å². The van der Waals surface area contributed by atoms with Gasteiger partial charge in [-0.05, 0) is 30.9 Å². The summed E-state index contributed by atoms with van der Waals surface area (Å²) in [6, 6.07) is 10.9. The average molecular weight is 219 g/mol. The number of hydrogen-bond donors (Lipinski definition) is 1. The van der Waals surface area contributed by atoms with Crippen molar-refractivity contribution in [3.05, 3.63) is 35.9 Å². The second-order valence-electron chi connectivity index (χ2n) is 4.58. The molecule has 1 atom stereocenters. The van der Waals surface area contributed by atoms with Crippen molar-refractivity contribution in [3.8, 4) is 0 Å². The maximum absolute atomic E-state index is 3.32. The van der Waals surface area contributed by atoms with Gasteiger partial charge in [-0.2, -0.15) is 0 Å². The number of rotatable bonds is 7. The quantitative estimate of drug-likeness (QED) is 0.735. The third-order valence-corrected chi connectivity index (χ3v) is 3.49. The summed E-state index contributed by atoms with van der Waals surface area (Å²) >= 11 is 0. The minimum atomic E-state index is 0.663. The first-order valence-electron chi connectivity index (χ1n) is 6.51. The second-order valence-corrected chi connectivity index (χ2v) is 4.58. The molecule has 1 aromatic carbocycles. The molecule has 1 N–H and O–H groups in total. The normalized spacial score (nSPS) is 13.0. The van der Waals surface area contributed by atoms with Gasteiger partial charge in [0.05, 0.1) is 0 Å². The van der Waals surface area contributed by atoms with E-state index < -0.39 is 0 Å². The summed E-state index contributed by atoms with van der Waals surface area (Å²) in [5.74, 6) is 1.52. The highest BCUT2D eigenvalue weighted by atomic mass is 14.8. The molecular formula is C15H25N. The first-order valence-corrected chi connectivity index (χ1v) is 6.51. The molecule has 0 aliphatic rings. The van der Waals surface area contributed by atoms with Crippen molar-refractivity contribution in [1.82, 2.24) is 5.32 Å². The fraction of sp³-hybridized carbons (Fsp3) is 0.600. The standard InChI is InChI=1S/C15H25N/c1-4-13(5-2)11-15(12-16-3)14-9-7-6-8-10-14/h6-10,13,15-16H,4-5,11-12H2,1-3H3. The lowest BCUT2D eigenvalue weighted by atomic mass is 9.86. The predicted octanol–water partition coefficient (Wildman–Crippen LogP) is 3.82. The fourth-order valence-electron chi connectivity index (χ4n) is 2.33. The molecule has 16 heavy (non-hydrogen) atoms. The van der Waals surface area contributed by atoms with Gasteiger partial charge in [-0.15, -0.1) is 0 Å². The largest absolute Gasteiger partial charge is 0.319 e. The van der Waals surface area contributed by atoms with Gasteiger partial charge in [0.25, 0.3) is 0 Å². The molecule has 1 unspecified atom stereocenters. The third kappa shape index (κ3) is 3.97. The van der Waals surface area contributed by atoms with E-state index in [0.717, 1.165) is 12.5 Å². The molecule has 0 saturated carbocycles. The summed E-state index contributed by atoms with van der Waals surface area (Å²) in [5.41, 5.74) is 1.48. The summed E-state index contributed by atoms with van der Waals surface area (Å²) in [5, 5.41) is 3.32. The van der Waals surface area contributed by atoms with Gasteiger partial charge in [0, 0.05) is 6.54 Å². The van der Waals surface area contributed by atoms with E-state index in [9.17, 15) is 0 Å². The average Bonchev–Trinajstić information content (AvgIpc) is 2.35. The monoisotopic (exact) mass is 219 g/mol. The van der Waals surface area contributed by atoms with Crippen molar-refractivity contribution >= 4 is 0 Å². The van der Waals surface area contributed by atoms with Crippen molar-refractivity contribution in [2.24, 2.45) is 5.92 Å². The van der Waals surface area contributed by atoms with E-state index in [4.69, 9.17) is 0 Å². The second kappa shape index (κ2) is 7.45. The van der Waals surface area contributed by atoms with Gasteiger partial charge in [-0.25, -0.2) is 0 Å². The van der Waals surface area contributed by atoms with Crippen LogP contribution in [-0.2, 0) is 0 Å². The van der Waals surface area contributed by atoms with Crippen molar-refractivity contribution in [2.75, 3.05) is 13.6 Å². The zero-order chi connectivity index (χ0) is 11.8. The van der Waals surface area contributed by atoms with E-state index in [1.165, 1.54) is 24.8 Å². The Labute approximate surface area is 100 Å². The molecule has 1 heteroatoms. The van der Waals surface area contributed by atoms with E-state index in [-0.39, 0.29) is 0 Å². The molecule has 0 aliphatic carbocycles. The summed E-state index contributed by atoms with van der Waals surface area (Å²) in [4.78, 5) is 0. The number of benzene rings is 1. The molecule has 90 valence electrons. The number of nitrogens with one attached hydrogen (secondary N) is 1. The van der Waals surface area contributed by atoms with Crippen LogP contribution in [0.15, 0.2) is 30.3 Å². The molecule has 0 aliphatic heterocycles. The Bertz CT molecular complexity index is 264. The topological polar surface area (TPSA) is 12.0 Å². The fourth-order valence-corrected chi connectivity index (χ4v) is 2.33. The molecule has 0 bridgehead atoms. The Kier molecular flexibility index (Phi) is 6.17. The van der Waals surface area contributed by atoms with Gasteiger partial charge >= 0.3 is 0 Å². The van der Waals surface area contributed by atoms with Gasteiger partial charge < -0.3 is 5.32 Å². The van der Waals surface area contributed by atoms with Crippen LogP contribution in [0.25, 0.3) is 0 Å². The van der Waals surface area contributed by atoms with Crippen LogP contribution >= 0.6 is 0 Å². The van der Waals surface area contributed by atoms with Crippen molar-refractivity contribution in [3.63, 3.8) is 0 Å². The van der Waals surface area contributed by atoms with Crippen LogP contribution in [0.3, 0.4) is 0 Å². The van der Waals surface area contributed by atoms with Crippen molar-refractivity contribution < 1.29 is 0 Å². The first kappa shape index (κ1) is 13.2. The van der Waals surface area contributed by atoms with Crippen LogP contribution in [0.2, 0.25) is 0 Å². The lowest BCUT2D eigenvalue weighted by Crippen LogP contribution is -2.19. The number of hydrogen-bond acceptors (Lipinski definition) is 1.